The fourth-order valence-corrected chi connectivity index (χ4v) is 2.56. The van der Waals surface area contributed by atoms with Crippen LogP contribution in [0.2, 0.25) is 0 Å². The van der Waals surface area contributed by atoms with Crippen LogP contribution in [0.5, 0.6) is 0 Å². The third-order valence-corrected chi connectivity index (χ3v) is 4.00. The predicted molar refractivity (Wildman–Crippen MR) is 82.3 cm³/mol. The standard InChI is InChI=1S/C17H23NO3/c1-3-5-6-7-9-13(8-4-2)15-20-11-14-10-17(14,12-21-15)16(18)19/h3-9,14-15H,10-12H2,1-2H3,(H2,18,19). The Bertz CT molecular complexity index is 504. The minimum atomic E-state index is -0.503. The largest absolute Gasteiger partial charge is 0.369 e. The van der Waals surface area contributed by atoms with Crippen LogP contribution in [0, 0.1) is 11.3 Å². The molecule has 114 valence electrons. The van der Waals surface area contributed by atoms with E-state index < -0.39 is 11.7 Å². The maximum Gasteiger partial charge on any atom is 0.226 e. The van der Waals surface area contributed by atoms with E-state index in [4.69, 9.17) is 15.2 Å². The Morgan fingerprint density at radius 3 is 2.67 bits per heavy atom. The maximum absolute atomic E-state index is 11.6. The van der Waals surface area contributed by atoms with Crippen LogP contribution in [0.25, 0.3) is 0 Å². The molecule has 2 rings (SSSR count). The van der Waals surface area contributed by atoms with Gasteiger partial charge in [-0.2, -0.15) is 0 Å². The summed E-state index contributed by atoms with van der Waals surface area (Å²) in [6, 6.07) is 0. The van der Waals surface area contributed by atoms with E-state index in [9.17, 15) is 4.79 Å². The van der Waals surface area contributed by atoms with Gasteiger partial charge in [0.2, 0.25) is 5.91 Å². The van der Waals surface area contributed by atoms with Crippen LogP contribution in [-0.4, -0.2) is 25.4 Å². The lowest BCUT2D eigenvalue weighted by Gasteiger charge is -2.18. The number of primary amides is 1. The van der Waals surface area contributed by atoms with Gasteiger partial charge < -0.3 is 15.2 Å². The Labute approximate surface area is 126 Å². The van der Waals surface area contributed by atoms with Gasteiger partial charge in [-0.15, -0.1) is 0 Å². The average molecular weight is 289 g/mol. The van der Waals surface area contributed by atoms with Gasteiger partial charge in [-0.3, -0.25) is 4.79 Å². The first-order chi connectivity index (χ1) is 10.1. The van der Waals surface area contributed by atoms with Crippen molar-refractivity contribution in [1.29, 1.82) is 0 Å². The number of hydrogen-bond acceptors (Lipinski definition) is 3. The van der Waals surface area contributed by atoms with E-state index in [1.165, 1.54) is 0 Å². The molecule has 1 heterocycles. The summed E-state index contributed by atoms with van der Waals surface area (Å²) in [5, 5.41) is 0. The fraction of sp³-hybridized carbons (Fsp3) is 0.471. The van der Waals surface area contributed by atoms with Crippen molar-refractivity contribution in [2.45, 2.75) is 26.6 Å². The van der Waals surface area contributed by atoms with Crippen molar-refractivity contribution in [2.75, 3.05) is 13.2 Å². The molecule has 1 saturated carbocycles. The van der Waals surface area contributed by atoms with Gasteiger partial charge in [0, 0.05) is 11.5 Å². The van der Waals surface area contributed by atoms with Gasteiger partial charge in [0.1, 0.15) is 0 Å². The third kappa shape index (κ3) is 3.52. The molecule has 0 spiro atoms. The van der Waals surface area contributed by atoms with E-state index in [-0.39, 0.29) is 11.8 Å². The first-order valence-electron chi connectivity index (χ1n) is 7.29. The second kappa shape index (κ2) is 6.87. The van der Waals surface area contributed by atoms with E-state index in [2.05, 4.69) is 0 Å². The van der Waals surface area contributed by atoms with E-state index in [1.807, 2.05) is 56.4 Å². The van der Waals surface area contributed by atoms with Gasteiger partial charge in [-0.1, -0.05) is 42.5 Å². The molecule has 1 saturated heterocycles. The molecule has 2 aliphatic rings. The van der Waals surface area contributed by atoms with Gasteiger partial charge in [-0.25, -0.2) is 0 Å². The molecular formula is C17H23NO3. The van der Waals surface area contributed by atoms with Gasteiger partial charge >= 0.3 is 0 Å². The molecule has 3 unspecified atom stereocenters. The Morgan fingerprint density at radius 2 is 2.00 bits per heavy atom. The zero-order valence-electron chi connectivity index (χ0n) is 12.6. The highest BCUT2D eigenvalue weighted by Gasteiger charge is 2.60. The molecule has 2 fully saturated rings. The first-order valence-corrected chi connectivity index (χ1v) is 7.29. The lowest BCUT2D eigenvalue weighted by atomic mass is 10.1. The van der Waals surface area contributed by atoms with Crippen molar-refractivity contribution >= 4 is 5.91 Å². The van der Waals surface area contributed by atoms with Crippen molar-refractivity contribution in [3.05, 3.63) is 48.1 Å². The highest BCUT2D eigenvalue weighted by Crippen LogP contribution is 2.54. The molecule has 4 nitrogen and oxygen atoms in total. The monoisotopic (exact) mass is 289 g/mol. The quantitative estimate of drug-likeness (QED) is 0.791. The molecule has 0 radical (unpaired) electrons. The zero-order chi connectivity index (χ0) is 15.3. The number of fused-ring (bicyclic) bond motifs is 1. The number of carbonyl (C=O) groups excluding carboxylic acids is 1. The maximum atomic E-state index is 11.6. The summed E-state index contributed by atoms with van der Waals surface area (Å²) in [4.78, 5) is 11.6. The minimum Gasteiger partial charge on any atom is -0.369 e. The fourth-order valence-electron chi connectivity index (χ4n) is 2.56. The number of ether oxygens (including phenoxy) is 2. The number of rotatable bonds is 5. The summed E-state index contributed by atoms with van der Waals surface area (Å²) < 4.78 is 11.6. The van der Waals surface area contributed by atoms with E-state index in [1.54, 1.807) is 0 Å². The predicted octanol–water partition coefficient (Wildman–Crippen LogP) is 2.49. The molecule has 2 N–H and O–H groups in total. The van der Waals surface area contributed by atoms with Crippen LogP contribution in [0.1, 0.15) is 20.3 Å². The average Bonchev–Trinajstić information content (AvgIpc) is 3.18. The Kier molecular flexibility index (Phi) is 5.15. The molecule has 0 aromatic heterocycles. The summed E-state index contributed by atoms with van der Waals surface area (Å²) >= 11 is 0. The second-order valence-corrected chi connectivity index (χ2v) is 5.48. The van der Waals surface area contributed by atoms with Crippen LogP contribution >= 0.6 is 0 Å². The summed E-state index contributed by atoms with van der Waals surface area (Å²) in [5.74, 6) is -0.0771. The Hall–Kier alpha value is -1.65. The van der Waals surface area contributed by atoms with Crippen molar-refractivity contribution < 1.29 is 14.3 Å². The van der Waals surface area contributed by atoms with E-state index in [0.29, 0.717) is 13.2 Å². The number of carbonyl (C=O) groups is 1. The smallest absolute Gasteiger partial charge is 0.226 e. The van der Waals surface area contributed by atoms with Gasteiger partial charge in [0.25, 0.3) is 0 Å². The number of allylic oxidation sites excluding steroid dienone is 6. The molecule has 0 bridgehead atoms. The van der Waals surface area contributed by atoms with Gasteiger partial charge in [0.15, 0.2) is 6.29 Å². The lowest BCUT2D eigenvalue weighted by Crippen LogP contribution is -2.31. The summed E-state index contributed by atoms with van der Waals surface area (Å²) in [7, 11) is 0. The number of nitrogens with two attached hydrogens (primary N) is 1. The summed E-state index contributed by atoms with van der Waals surface area (Å²) in [5.41, 5.74) is 5.91. The molecule has 3 atom stereocenters. The van der Waals surface area contributed by atoms with Crippen molar-refractivity contribution in [2.24, 2.45) is 17.1 Å². The van der Waals surface area contributed by atoms with E-state index in [0.717, 1.165) is 12.0 Å². The van der Waals surface area contributed by atoms with Crippen LogP contribution in [0.15, 0.2) is 48.1 Å². The van der Waals surface area contributed by atoms with Crippen LogP contribution in [-0.2, 0) is 14.3 Å². The van der Waals surface area contributed by atoms with Crippen molar-refractivity contribution in [3.63, 3.8) is 0 Å². The molecular weight excluding hydrogens is 266 g/mol. The molecule has 0 aromatic carbocycles. The lowest BCUT2D eigenvalue weighted by molar-refractivity contribution is -0.131. The SMILES string of the molecule is CC=CC=CC=C(C=CC)C1OCC2CC2(C(N)=O)CO1. The van der Waals surface area contributed by atoms with E-state index >= 15 is 0 Å². The second-order valence-electron chi connectivity index (χ2n) is 5.48. The van der Waals surface area contributed by atoms with Crippen LogP contribution < -0.4 is 5.73 Å². The van der Waals surface area contributed by atoms with Crippen molar-refractivity contribution in [3.8, 4) is 0 Å². The molecule has 1 aliphatic heterocycles. The van der Waals surface area contributed by atoms with Gasteiger partial charge in [0.05, 0.1) is 18.6 Å². The minimum absolute atomic E-state index is 0.199. The van der Waals surface area contributed by atoms with Gasteiger partial charge in [-0.05, 0) is 20.3 Å². The molecule has 0 aromatic rings. The van der Waals surface area contributed by atoms with Crippen LogP contribution in [0.3, 0.4) is 0 Å². The topological polar surface area (TPSA) is 61.5 Å². The Morgan fingerprint density at radius 1 is 1.19 bits per heavy atom. The molecule has 1 aliphatic carbocycles. The number of hydrogen-bond donors (Lipinski definition) is 1. The molecule has 21 heavy (non-hydrogen) atoms. The van der Waals surface area contributed by atoms with Crippen LogP contribution in [0.4, 0.5) is 0 Å². The molecule has 4 heteroatoms. The highest BCUT2D eigenvalue weighted by molar-refractivity contribution is 5.84. The summed E-state index contributed by atoms with van der Waals surface area (Å²) in [6.45, 7) is 4.77. The third-order valence-electron chi connectivity index (χ3n) is 4.00. The molecule has 1 amide bonds. The highest BCUT2D eigenvalue weighted by atomic mass is 16.7. The summed E-state index contributed by atoms with van der Waals surface area (Å²) in [6.07, 6.45) is 14.0. The Balaban J connectivity index is 2.07. The normalized spacial score (nSPS) is 33.5. The first kappa shape index (κ1) is 15.7. The zero-order valence-corrected chi connectivity index (χ0v) is 12.6. The van der Waals surface area contributed by atoms with Crippen molar-refractivity contribution in [1.82, 2.24) is 0 Å². The number of amides is 1.